The number of hydrogen-bond acceptors (Lipinski definition) is 6. The highest BCUT2D eigenvalue weighted by Crippen LogP contribution is 2.48. The van der Waals surface area contributed by atoms with Gasteiger partial charge in [-0.2, -0.15) is 0 Å². The van der Waals surface area contributed by atoms with Crippen LogP contribution in [0.5, 0.6) is 0 Å². The van der Waals surface area contributed by atoms with Crippen molar-refractivity contribution in [2.45, 2.75) is 55.3 Å². The number of nitrogens with one attached hydrogen (secondary N) is 1. The van der Waals surface area contributed by atoms with Crippen LogP contribution < -0.4 is 5.32 Å². The second-order valence-corrected chi connectivity index (χ2v) is 8.93. The molecule has 2 aromatic rings. The van der Waals surface area contributed by atoms with Gasteiger partial charge in [-0.15, -0.1) is 11.8 Å². The molecule has 2 atom stereocenters. The van der Waals surface area contributed by atoms with Gasteiger partial charge in [0, 0.05) is 28.0 Å². The van der Waals surface area contributed by atoms with Crippen molar-refractivity contribution in [2.24, 2.45) is 0 Å². The van der Waals surface area contributed by atoms with E-state index in [2.05, 4.69) is 29.1 Å². The van der Waals surface area contributed by atoms with Crippen molar-refractivity contribution in [2.75, 3.05) is 11.1 Å². The van der Waals surface area contributed by atoms with Gasteiger partial charge in [0.15, 0.2) is 5.78 Å². The number of Topliss-reactive ketones (excluding diaryl/α,β-unsaturated/α-hetero) is 1. The predicted octanol–water partition coefficient (Wildman–Crippen LogP) is 4.71. The number of ketones is 1. The van der Waals surface area contributed by atoms with Crippen LogP contribution in [-0.2, 0) is 4.79 Å². The van der Waals surface area contributed by atoms with Gasteiger partial charge in [-0.1, -0.05) is 25.6 Å². The Bertz CT molecular complexity index is 868. The minimum atomic E-state index is -0.0904. The first-order valence-corrected chi connectivity index (χ1v) is 10.8. The highest BCUT2D eigenvalue weighted by Gasteiger charge is 2.33. The third kappa shape index (κ3) is 4.52. The fraction of sp³-hybridized carbons (Fsp3) is 0.400. The number of aryl methyl sites for hydroxylation is 1. The molecule has 0 aliphatic carbocycles. The van der Waals surface area contributed by atoms with Crippen molar-refractivity contribution in [3.63, 3.8) is 0 Å². The summed E-state index contributed by atoms with van der Waals surface area (Å²) in [4.78, 5) is 32.9. The first-order chi connectivity index (χ1) is 12.9. The second-order valence-electron chi connectivity index (χ2n) is 6.60. The molecule has 1 amide bonds. The molecule has 0 saturated heterocycles. The summed E-state index contributed by atoms with van der Waals surface area (Å²) in [5.41, 5.74) is 2.51. The van der Waals surface area contributed by atoms with E-state index in [1.165, 1.54) is 24.2 Å². The molecule has 3 rings (SSSR count). The number of hydrogen-bond donors (Lipinski definition) is 1. The van der Waals surface area contributed by atoms with E-state index in [9.17, 15) is 9.59 Å². The average molecular weight is 402 g/mol. The Morgan fingerprint density at radius 2 is 1.93 bits per heavy atom. The molecule has 0 radical (unpaired) electrons. The largest absolute Gasteiger partial charge is 0.325 e. The third-order valence-corrected chi connectivity index (χ3v) is 6.80. The molecule has 2 heterocycles. The van der Waals surface area contributed by atoms with E-state index in [0.717, 1.165) is 22.3 Å². The lowest BCUT2D eigenvalue weighted by Crippen LogP contribution is -2.15. The molecule has 27 heavy (non-hydrogen) atoms. The topological polar surface area (TPSA) is 72.0 Å². The van der Waals surface area contributed by atoms with E-state index in [1.54, 1.807) is 36.0 Å². The zero-order valence-electron chi connectivity index (χ0n) is 15.9. The van der Waals surface area contributed by atoms with E-state index in [-0.39, 0.29) is 17.4 Å². The maximum Gasteiger partial charge on any atom is 0.234 e. The van der Waals surface area contributed by atoms with Crippen LogP contribution in [0.25, 0.3) is 0 Å². The maximum absolute atomic E-state index is 12.4. The van der Waals surface area contributed by atoms with Crippen LogP contribution in [0.3, 0.4) is 0 Å². The monoisotopic (exact) mass is 401 g/mol. The molecule has 142 valence electrons. The lowest BCUT2D eigenvalue weighted by atomic mass is 9.96. The molecular weight excluding hydrogens is 378 g/mol. The number of anilines is 1. The number of carbonyl (C=O) groups is 2. The van der Waals surface area contributed by atoms with Gasteiger partial charge in [-0.05, 0) is 44.5 Å². The van der Waals surface area contributed by atoms with Crippen molar-refractivity contribution in [1.29, 1.82) is 0 Å². The normalized spacial score (nSPS) is 18.2. The zero-order chi connectivity index (χ0) is 19.6. The van der Waals surface area contributed by atoms with Gasteiger partial charge >= 0.3 is 0 Å². The van der Waals surface area contributed by atoms with E-state index in [1.807, 2.05) is 6.92 Å². The SMILES string of the molecule is CCC1c2c(SCC(=O)Nc3ccc(C(C)=O)cc3)nc(C)nc2SC1C. The first-order valence-electron chi connectivity index (χ1n) is 8.97. The van der Waals surface area contributed by atoms with Crippen molar-refractivity contribution < 1.29 is 9.59 Å². The Morgan fingerprint density at radius 1 is 1.22 bits per heavy atom. The number of thioether (sulfide) groups is 2. The lowest BCUT2D eigenvalue weighted by molar-refractivity contribution is -0.113. The van der Waals surface area contributed by atoms with Gasteiger partial charge in [-0.3, -0.25) is 9.59 Å². The third-order valence-electron chi connectivity index (χ3n) is 4.58. The maximum atomic E-state index is 12.4. The average Bonchev–Trinajstić information content (AvgIpc) is 2.94. The van der Waals surface area contributed by atoms with E-state index >= 15 is 0 Å². The minimum Gasteiger partial charge on any atom is -0.325 e. The van der Waals surface area contributed by atoms with Crippen molar-refractivity contribution in [1.82, 2.24) is 9.97 Å². The van der Waals surface area contributed by atoms with Crippen LogP contribution in [0.1, 0.15) is 54.9 Å². The lowest BCUT2D eigenvalue weighted by Gasteiger charge is -2.15. The molecule has 1 N–H and O–H groups in total. The quantitative estimate of drug-likeness (QED) is 0.429. The van der Waals surface area contributed by atoms with E-state index < -0.39 is 0 Å². The molecule has 2 unspecified atom stereocenters. The molecule has 7 heteroatoms. The second kappa shape index (κ2) is 8.44. The molecule has 1 aromatic carbocycles. The summed E-state index contributed by atoms with van der Waals surface area (Å²) in [7, 11) is 0. The number of rotatable bonds is 6. The highest BCUT2D eigenvalue weighted by molar-refractivity contribution is 8.01. The Kier molecular flexibility index (Phi) is 6.22. The number of nitrogens with zero attached hydrogens (tertiary/aromatic N) is 2. The summed E-state index contributed by atoms with van der Waals surface area (Å²) in [5, 5.41) is 5.34. The summed E-state index contributed by atoms with van der Waals surface area (Å²) in [6, 6.07) is 6.93. The smallest absolute Gasteiger partial charge is 0.234 e. The van der Waals surface area contributed by atoms with Gasteiger partial charge < -0.3 is 5.32 Å². The van der Waals surface area contributed by atoms with E-state index in [4.69, 9.17) is 0 Å². The van der Waals surface area contributed by atoms with Gasteiger partial charge in [0.05, 0.1) is 5.75 Å². The van der Waals surface area contributed by atoms with Crippen LogP contribution in [0.4, 0.5) is 5.69 Å². The molecule has 0 bridgehead atoms. The number of aromatic nitrogens is 2. The molecule has 5 nitrogen and oxygen atoms in total. The molecule has 0 saturated carbocycles. The molecule has 0 fully saturated rings. The van der Waals surface area contributed by atoms with Crippen LogP contribution in [-0.4, -0.2) is 32.7 Å². The predicted molar refractivity (Wildman–Crippen MR) is 111 cm³/mol. The minimum absolute atomic E-state index is 0.00833. The van der Waals surface area contributed by atoms with Crippen molar-refractivity contribution in [3.8, 4) is 0 Å². The molecular formula is C20H23N3O2S2. The zero-order valence-corrected chi connectivity index (χ0v) is 17.5. The Balaban J connectivity index is 1.68. The highest BCUT2D eigenvalue weighted by atomic mass is 32.2. The summed E-state index contributed by atoms with van der Waals surface area (Å²) < 4.78 is 0. The summed E-state index contributed by atoms with van der Waals surface area (Å²) >= 11 is 3.27. The van der Waals surface area contributed by atoms with Crippen molar-refractivity contribution >= 4 is 40.9 Å². The Hall–Kier alpha value is -1.86. The van der Waals surface area contributed by atoms with E-state index in [0.29, 0.717) is 22.4 Å². The van der Waals surface area contributed by atoms with Crippen LogP contribution in [0, 0.1) is 6.92 Å². The number of amides is 1. The number of benzene rings is 1. The molecule has 1 aromatic heterocycles. The van der Waals surface area contributed by atoms with Crippen LogP contribution in [0.2, 0.25) is 0 Å². The summed E-state index contributed by atoms with van der Waals surface area (Å²) in [6.45, 7) is 7.82. The fourth-order valence-corrected chi connectivity index (χ4v) is 5.61. The molecule has 1 aliphatic heterocycles. The van der Waals surface area contributed by atoms with Crippen LogP contribution in [0.15, 0.2) is 34.3 Å². The summed E-state index contributed by atoms with van der Waals surface area (Å²) in [6.07, 6.45) is 1.04. The number of carbonyl (C=O) groups excluding carboxylic acids is 2. The molecule has 0 spiro atoms. The van der Waals surface area contributed by atoms with Gasteiger partial charge in [0.25, 0.3) is 0 Å². The molecule has 1 aliphatic rings. The standard InChI is InChI=1S/C20H23N3O2S2/c1-5-16-12(3)27-20-18(16)19(21-13(4)22-20)26-10-17(25)23-15-8-6-14(7-9-15)11(2)24/h6-9,12,16H,5,10H2,1-4H3,(H,23,25). The fourth-order valence-electron chi connectivity index (χ4n) is 3.20. The van der Waals surface area contributed by atoms with Crippen molar-refractivity contribution in [3.05, 3.63) is 41.2 Å². The summed E-state index contributed by atoms with van der Waals surface area (Å²) in [5.74, 6) is 1.37. The first kappa shape index (κ1) is 19.9. The van der Waals surface area contributed by atoms with Gasteiger partial charge in [-0.25, -0.2) is 9.97 Å². The Labute approximate surface area is 168 Å². The van der Waals surface area contributed by atoms with Gasteiger partial charge in [0.1, 0.15) is 15.9 Å². The van der Waals surface area contributed by atoms with Crippen LogP contribution >= 0.6 is 23.5 Å². The van der Waals surface area contributed by atoms with Gasteiger partial charge in [0.2, 0.25) is 5.91 Å². The number of fused-ring (bicyclic) bond motifs is 1. The Morgan fingerprint density at radius 3 is 2.56 bits per heavy atom.